The minimum absolute atomic E-state index is 0.169. The van der Waals surface area contributed by atoms with Gasteiger partial charge in [-0.1, -0.05) is 29.8 Å². The van der Waals surface area contributed by atoms with E-state index >= 15 is 0 Å². The second-order valence-electron chi connectivity index (χ2n) is 5.27. The van der Waals surface area contributed by atoms with E-state index in [9.17, 15) is 26.4 Å². The Kier molecular flexibility index (Phi) is 5.82. The lowest BCUT2D eigenvalue weighted by atomic mass is 10.2. The molecule has 2 rings (SSSR count). The smallest absolute Gasteiger partial charge is 0.370 e. The molecule has 0 spiro atoms. The van der Waals surface area contributed by atoms with Crippen molar-refractivity contribution >= 4 is 33.2 Å². The maximum Gasteiger partial charge on any atom is 0.416 e. The summed E-state index contributed by atoms with van der Waals surface area (Å²) in [6.07, 6.45) is -5.05. The molecule has 0 bridgehead atoms. The SMILES string of the molecule is NC(=O)CCN(c1ccccc1)S(=O)(=O)c1cc(C(F)(F)F)ccc1Cl. The Hall–Kier alpha value is -2.26. The molecule has 0 heterocycles. The Morgan fingerprint density at radius 2 is 1.73 bits per heavy atom. The van der Waals surface area contributed by atoms with Crippen LogP contribution < -0.4 is 10.0 Å². The molecule has 0 saturated carbocycles. The van der Waals surface area contributed by atoms with Gasteiger partial charge in [0.15, 0.2) is 0 Å². The molecule has 2 N–H and O–H groups in total. The van der Waals surface area contributed by atoms with Crippen LogP contribution in [0.15, 0.2) is 53.4 Å². The molecule has 0 unspecified atom stereocenters. The number of halogens is 4. The van der Waals surface area contributed by atoms with Gasteiger partial charge in [-0.2, -0.15) is 13.2 Å². The van der Waals surface area contributed by atoms with Crippen LogP contribution in [0.2, 0.25) is 5.02 Å². The fraction of sp³-hybridized carbons (Fsp3) is 0.188. The monoisotopic (exact) mass is 406 g/mol. The van der Waals surface area contributed by atoms with Crippen molar-refractivity contribution in [2.75, 3.05) is 10.8 Å². The fourth-order valence-electron chi connectivity index (χ4n) is 2.19. The van der Waals surface area contributed by atoms with Gasteiger partial charge in [-0.05, 0) is 30.3 Å². The van der Waals surface area contributed by atoms with Crippen LogP contribution in [0, 0.1) is 0 Å². The summed E-state index contributed by atoms with van der Waals surface area (Å²) < 4.78 is 65.6. The predicted octanol–water partition coefficient (Wildman–Crippen LogP) is 3.43. The van der Waals surface area contributed by atoms with Crippen LogP contribution in [-0.4, -0.2) is 20.9 Å². The van der Waals surface area contributed by atoms with E-state index in [0.29, 0.717) is 12.1 Å². The Bertz CT molecular complexity index is 903. The van der Waals surface area contributed by atoms with Crippen LogP contribution in [0.3, 0.4) is 0 Å². The lowest BCUT2D eigenvalue weighted by molar-refractivity contribution is -0.137. The summed E-state index contributed by atoms with van der Waals surface area (Å²) in [5.74, 6) is -0.753. The van der Waals surface area contributed by atoms with E-state index in [1.165, 1.54) is 12.1 Å². The number of hydrogen-bond donors (Lipinski definition) is 1. The van der Waals surface area contributed by atoms with Crippen molar-refractivity contribution in [3.05, 3.63) is 59.1 Å². The average Bonchev–Trinajstić information content (AvgIpc) is 2.54. The van der Waals surface area contributed by atoms with Crippen molar-refractivity contribution in [1.82, 2.24) is 0 Å². The molecule has 0 aromatic heterocycles. The van der Waals surface area contributed by atoms with E-state index in [4.69, 9.17) is 17.3 Å². The van der Waals surface area contributed by atoms with Crippen molar-refractivity contribution < 1.29 is 26.4 Å². The lowest BCUT2D eigenvalue weighted by Crippen LogP contribution is -2.34. The zero-order valence-electron chi connectivity index (χ0n) is 13.2. The second-order valence-corrected chi connectivity index (χ2v) is 7.51. The number of carbonyl (C=O) groups is 1. The van der Waals surface area contributed by atoms with E-state index in [0.717, 1.165) is 10.4 Å². The maximum atomic E-state index is 13.0. The summed E-state index contributed by atoms with van der Waals surface area (Å²) in [6.45, 7) is -0.339. The van der Waals surface area contributed by atoms with Gasteiger partial charge in [0.1, 0.15) is 4.90 Å². The van der Waals surface area contributed by atoms with Gasteiger partial charge in [0.05, 0.1) is 16.3 Å². The topological polar surface area (TPSA) is 80.5 Å². The zero-order valence-corrected chi connectivity index (χ0v) is 14.8. The van der Waals surface area contributed by atoms with Crippen molar-refractivity contribution in [3.8, 4) is 0 Å². The summed E-state index contributed by atoms with van der Waals surface area (Å²) in [7, 11) is -4.47. The van der Waals surface area contributed by atoms with Gasteiger partial charge in [0, 0.05) is 13.0 Å². The molecule has 0 fully saturated rings. The summed E-state index contributed by atoms with van der Waals surface area (Å²) in [5.41, 5.74) is 4.10. The van der Waals surface area contributed by atoms with Gasteiger partial charge in [-0.25, -0.2) is 8.42 Å². The first-order valence-electron chi connectivity index (χ1n) is 7.26. The summed E-state index contributed by atoms with van der Waals surface area (Å²) in [4.78, 5) is 10.4. The molecule has 0 radical (unpaired) electrons. The van der Waals surface area contributed by atoms with Crippen LogP contribution in [0.5, 0.6) is 0 Å². The van der Waals surface area contributed by atoms with Crippen molar-refractivity contribution in [2.45, 2.75) is 17.5 Å². The first-order valence-corrected chi connectivity index (χ1v) is 9.08. The van der Waals surface area contributed by atoms with Crippen molar-refractivity contribution in [3.63, 3.8) is 0 Å². The molecule has 26 heavy (non-hydrogen) atoms. The third-order valence-corrected chi connectivity index (χ3v) is 5.74. The van der Waals surface area contributed by atoms with Gasteiger partial charge in [-0.15, -0.1) is 0 Å². The number of anilines is 1. The number of rotatable bonds is 6. The molecule has 0 aliphatic heterocycles. The number of benzene rings is 2. The minimum Gasteiger partial charge on any atom is -0.370 e. The van der Waals surface area contributed by atoms with Crippen molar-refractivity contribution in [2.24, 2.45) is 5.73 Å². The van der Waals surface area contributed by atoms with Crippen LogP contribution in [0.4, 0.5) is 18.9 Å². The number of carbonyl (C=O) groups excluding carboxylic acids is 1. The molecule has 5 nitrogen and oxygen atoms in total. The molecule has 2 aromatic rings. The number of nitrogens with two attached hydrogens (primary N) is 1. The number of amides is 1. The normalized spacial score (nSPS) is 12.0. The third kappa shape index (κ3) is 4.47. The highest BCUT2D eigenvalue weighted by atomic mass is 35.5. The minimum atomic E-state index is -4.74. The van der Waals surface area contributed by atoms with Crippen LogP contribution >= 0.6 is 11.6 Å². The number of primary amides is 1. The standard InChI is InChI=1S/C16H14ClF3N2O3S/c17-13-7-6-11(16(18,19)20)10-14(13)26(24,25)22(9-8-15(21)23)12-4-2-1-3-5-12/h1-7,10H,8-9H2,(H2,21,23). The van der Waals surface area contributed by atoms with Gasteiger partial charge in [-0.3, -0.25) is 9.10 Å². The largest absolute Gasteiger partial charge is 0.416 e. The Morgan fingerprint density at radius 3 is 2.27 bits per heavy atom. The van der Waals surface area contributed by atoms with Gasteiger partial charge >= 0.3 is 6.18 Å². The Labute approximate surface area is 153 Å². The van der Waals surface area contributed by atoms with Gasteiger partial charge < -0.3 is 5.73 Å². The first-order chi connectivity index (χ1) is 12.0. The number of hydrogen-bond acceptors (Lipinski definition) is 3. The molecular weight excluding hydrogens is 393 g/mol. The highest BCUT2D eigenvalue weighted by Gasteiger charge is 2.34. The third-order valence-electron chi connectivity index (χ3n) is 3.43. The van der Waals surface area contributed by atoms with E-state index in [1.807, 2.05) is 0 Å². The first kappa shape index (κ1) is 20.1. The summed E-state index contributed by atoms with van der Waals surface area (Å²) >= 11 is 5.86. The molecule has 1 amide bonds. The summed E-state index contributed by atoms with van der Waals surface area (Å²) in [6, 6.07) is 9.66. The molecular formula is C16H14ClF3N2O3S. The number of para-hydroxylation sites is 1. The quantitative estimate of drug-likeness (QED) is 0.798. The summed E-state index contributed by atoms with van der Waals surface area (Å²) in [5, 5.41) is -0.363. The van der Waals surface area contributed by atoms with E-state index in [-0.39, 0.29) is 23.7 Å². The predicted molar refractivity (Wildman–Crippen MR) is 91.2 cm³/mol. The molecule has 2 aromatic carbocycles. The lowest BCUT2D eigenvalue weighted by Gasteiger charge is -2.25. The highest BCUT2D eigenvalue weighted by Crippen LogP contribution is 2.35. The molecule has 10 heteroatoms. The number of alkyl halides is 3. The van der Waals surface area contributed by atoms with Gasteiger partial charge in [0.2, 0.25) is 5.91 Å². The molecule has 0 aliphatic carbocycles. The van der Waals surface area contributed by atoms with Crippen LogP contribution in [-0.2, 0) is 21.0 Å². The Balaban J connectivity index is 2.58. The molecule has 0 atom stereocenters. The average molecular weight is 407 g/mol. The van der Waals surface area contributed by atoms with E-state index in [1.54, 1.807) is 18.2 Å². The highest BCUT2D eigenvalue weighted by molar-refractivity contribution is 7.93. The van der Waals surface area contributed by atoms with Gasteiger partial charge in [0.25, 0.3) is 10.0 Å². The Morgan fingerprint density at radius 1 is 1.12 bits per heavy atom. The number of sulfonamides is 1. The van der Waals surface area contributed by atoms with Crippen LogP contribution in [0.1, 0.15) is 12.0 Å². The molecule has 0 aliphatic rings. The molecule has 0 saturated heterocycles. The number of nitrogens with zero attached hydrogens (tertiary/aromatic N) is 1. The van der Waals surface area contributed by atoms with Crippen molar-refractivity contribution in [1.29, 1.82) is 0 Å². The molecule has 140 valence electrons. The van der Waals surface area contributed by atoms with E-state index < -0.39 is 32.6 Å². The second kappa shape index (κ2) is 7.55. The zero-order chi connectivity index (χ0) is 19.5. The van der Waals surface area contributed by atoms with Crippen LogP contribution in [0.25, 0.3) is 0 Å². The fourth-order valence-corrected chi connectivity index (χ4v) is 4.16. The van der Waals surface area contributed by atoms with E-state index in [2.05, 4.69) is 0 Å². The maximum absolute atomic E-state index is 13.0.